The molecule has 70 valence electrons. The zero-order chi connectivity index (χ0) is 8.84. The topological polar surface area (TPSA) is 51.8 Å². The second-order valence-corrected chi connectivity index (χ2v) is 5.06. The highest BCUT2D eigenvalue weighted by atomic mass is 32.1. The minimum absolute atomic E-state index is 0.461. The van der Waals surface area contributed by atoms with Gasteiger partial charge in [-0.2, -0.15) is 4.37 Å². The van der Waals surface area contributed by atoms with Gasteiger partial charge in [-0.15, -0.1) is 0 Å². The number of nitrogens with zero attached hydrogens (tertiary/aromatic N) is 2. The van der Waals surface area contributed by atoms with Crippen molar-refractivity contribution in [3.8, 4) is 0 Å². The predicted molar refractivity (Wildman–Crippen MR) is 52.5 cm³/mol. The fourth-order valence-electron chi connectivity index (χ4n) is 2.95. The summed E-state index contributed by atoms with van der Waals surface area (Å²) < 4.78 is 4.05. The molecule has 2 aliphatic carbocycles. The van der Waals surface area contributed by atoms with Crippen LogP contribution in [-0.4, -0.2) is 9.36 Å². The first-order valence-corrected chi connectivity index (χ1v) is 5.69. The largest absolute Gasteiger partial charge is 0.367 e. The Morgan fingerprint density at radius 3 is 2.77 bits per heavy atom. The molecule has 13 heavy (non-hydrogen) atoms. The fraction of sp³-hybridized carbons (Fsp3) is 0.778. The fourth-order valence-corrected chi connectivity index (χ4v) is 3.73. The molecule has 0 saturated heterocycles. The molecule has 1 aromatic heterocycles. The van der Waals surface area contributed by atoms with Gasteiger partial charge < -0.3 is 5.73 Å². The lowest BCUT2D eigenvalue weighted by molar-refractivity contribution is 0.419. The van der Waals surface area contributed by atoms with Gasteiger partial charge in [-0.3, -0.25) is 0 Å². The molecule has 3 nitrogen and oxygen atoms in total. The highest BCUT2D eigenvalue weighted by Crippen LogP contribution is 2.53. The second kappa shape index (κ2) is 2.67. The monoisotopic (exact) mass is 195 g/mol. The lowest BCUT2D eigenvalue weighted by atomic mass is 9.89. The van der Waals surface area contributed by atoms with Gasteiger partial charge in [0, 0.05) is 5.92 Å². The molecule has 2 saturated carbocycles. The van der Waals surface area contributed by atoms with Crippen LogP contribution in [0.1, 0.15) is 36.6 Å². The molecule has 0 spiro atoms. The van der Waals surface area contributed by atoms with Crippen molar-refractivity contribution in [1.29, 1.82) is 0 Å². The maximum Gasteiger partial charge on any atom is 0.232 e. The number of aromatic nitrogens is 2. The normalized spacial score (nSPS) is 37.1. The molecule has 0 aromatic carbocycles. The van der Waals surface area contributed by atoms with Crippen LogP contribution in [0.25, 0.3) is 0 Å². The number of rotatable bonds is 1. The molecule has 2 fully saturated rings. The Balaban J connectivity index is 1.87. The third kappa shape index (κ3) is 1.15. The van der Waals surface area contributed by atoms with Crippen LogP contribution in [0.3, 0.4) is 0 Å². The molecule has 1 heterocycles. The van der Waals surface area contributed by atoms with E-state index in [-0.39, 0.29) is 0 Å². The third-order valence-corrected chi connectivity index (χ3v) is 4.37. The molecule has 4 heteroatoms. The molecular weight excluding hydrogens is 182 g/mol. The smallest absolute Gasteiger partial charge is 0.232 e. The average Bonchev–Trinajstić information content (AvgIpc) is 2.77. The lowest BCUT2D eigenvalue weighted by Crippen LogP contribution is -2.08. The zero-order valence-corrected chi connectivity index (χ0v) is 8.26. The van der Waals surface area contributed by atoms with Gasteiger partial charge in [0.15, 0.2) is 0 Å². The number of nitrogen functional groups attached to an aromatic ring is 1. The standard InChI is InChI=1S/C9H13N3S/c10-9-11-8(13-12-9)7-4-5-1-2-6(7)3-5/h5-7H,1-4H2,(H2,10,12). The van der Waals surface area contributed by atoms with Crippen molar-refractivity contribution in [3.63, 3.8) is 0 Å². The van der Waals surface area contributed by atoms with E-state index in [4.69, 9.17) is 5.73 Å². The molecule has 1 aromatic rings. The Labute approximate surface area is 81.5 Å². The van der Waals surface area contributed by atoms with Crippen molar-refractivity contribution >= 4 is 17.5 Å². The van der Waals surface area contributed by atoms with Crippen LogP contribution in [-0.2, 0) is 0 Å². The van der Waals surface area contributed by atoms with Crippen molar-refractivity contribution in [2.45, 2.75) is 31.6 Å². The third-order valence-electron chi connectivity index (χ3n) is 3.51. The summed E-state index contributed by atoms with van der Waals surface area (Å²) in [5.41, 5.74) is 5.53. The minimum atomic E-state index is 0.461. The summed E-state index contributed by atoms with van der Waals surface area (Å²) in [7, 11) is 0. The van der Waals surface area contributed by atoms with Gasteiger partial charge in [0.05, 0.1) is 0 Å². The van der Waals surface area contributed by atoms with Crippen molar-refractivity contribution in [2.75, 3.05) is 5.73 Å². The Bertz CT molecular complexity index is 322. The summed E-state index contributed by atoms with van der Waals surface area (Å²) in [4.78, 5) is 4.30. The highest BCUT2D eigenvalue weighted by molar-refractivity contribution is 7.05. The molecule has 3 rings (SSSR count). The van der Waals surface area contributed by atoms with Crippen molar-refractivity contribution in [1.82, 2.24) is 9.36 Å². The van der Waals surface area contributed by atoms with Crippen molar-refractivity contribution < 1.29 is 0 Å². The van der Waals surface area contributed by atoms with Gasteiger partial charge in [-0.25, -0.2) is 4.98 Å². The van der Waals surface area contributed by atoms with Gasteiger partial charge in [0.25, 0.3) is 0 Å². The quantitative estimate of drug-likeness (QED) is 0.746. The van der Waals surface area contributed by atoms with Gasteiger partial charge >= 0.3 is 0 Å². The van der Waals surface area contributed by atoms with E-state index >= 15 is 0 Å². The molecule has 2 aliphatic rings. The number of fused-ring (bicyclic) bond motifs is 2. The SMILES string of the molecule is Nc1nsc(C2CC3CCC2C3)n1. The number of anilines is 1. The number of nitrogens with two attached hydrogens (primary N) is 1. The number of hydrogen-bond acceptors (Lipinski definition) is 4. The molecule has 2 N–H and O–H groups in total. The molecule has 3 atom stereocenters. The Morgan fingerprint density at radius 2 is 2.23 bits per heavy atom. The van der Waals surface area contributed by atoms with Gasteiger partial charge in [0.2, 0.25) is 5.95 Å². The lowest BCUT2D eigenvalue weighted by Gasteiger charge is -2.18. The van der Waals surface area contributed by atoms with E-state index in [1.807, 2.05) is 0 Å². The molecule has 2 bridgehead atoms. The zero-order valence-electron chi connectivity index (χ0n) is 7.44. The first-order chi connectivity index (χ1) is 6.33. The van der Waals surface area contributed by atoms with Crippen LogP contribution in [0.15, 0.2) is 0 Å². The van der Waals surface area contributed by atoms with Gasteiger partial charge in [-0.05, 0) is 42.6 Å². The summed E-state index contributed by atoms with van der Waals surface area (Å²) in [6.45, 7) is 0. The van der Waals surface area contributed by atoms with E-state index < -0.39 is 0 Å². The highest BCUT2D eigenvalue weighted by Gasteiger charge is 2.41. The second-order valence-electron chi connectivity index (χ2n) is 4.27. The first kappa shape index (κ1) is 7.74. The average molecular weight is 195 g/mol. The van der Waals surface area contributed by atoms with Crippen LogP contribution in [0.2, 0.25) is 0 Å². The number of hydrogen-bond donors (Lipinski definition) is 1. The van der Waals surface area contributed by atoms with E-state index in [0.717, 1.165) is 11.8 Å². The van der Waals surface area contributed by atoms with Gasteiger partial charge in [0.1, 0.15) is 5.01 Å². The van der Waals surface area contributed by atoms with E-state index in [1.54, 1.807) is 0 Å². The maximum absolute atomic E-state index is 5.53. The van der Waals surface area contributed by atoms with Crippen LogP contribution in [0.5, 0.6) is 0 Å². The summed E-state index contributed by atoms with van der Waals surface area (Å²) in [5, 5.41) is 1.18. The summed E-state index contributed by atoms with van der Waals surface area (Å²) in [6.07, 6.45) is 5.59. The summed E-state index contributed by atoms with van der Waals surface area (Å²) in [5.74, 6) is 3.01. The minimum Gasteiger partial charge on any atom is -0.367 e. The molecule has 0 aliphatic heterocycles. The molecule has 0 amide bonds. The van der Waals surface area contributed by atoms with E-state index in [2.05, 4.69) is 9.36 Å². The van der Waals surface area contributed by atoms with Crippen LogP contribution in [0, 0.1) is 11.8 Å². The predicted octanol–water partition coefficient (Wildman–Crippen LogP) is 2.02. The van der Waals surface area contributed by atoms with E-state index in [1.165, 1.54) is 42.2 Å². The molecular formula is C9H13N3S. The van der Waals surface area contributed by atoms with E-state index in [0.29, 0.717) is 11.9 Å². The van der Waals surface area contributed by atoms with Gasteiger partial charge in [-0.1, -0.05) is 6.42 Å². The Morgan fingerprint density at radius 1 is 1.31 bits per heavy atom. The molecule has 3 unspecified atom stereocenters. The maximum atomic E-state index is 5.53. The first-order valence-electron chi connectivity index (χ1n) is 4.92. The Hall–Kier alpha value is -0.640. The van der Waals surface area contributed by atoms with Crippen molar-refractivity contribution in [3.05, 3.63) is 5.01 Å². The van der Waals surface area contributed by atoms with Crippen LogP contribution in [0.4, 0.5) is 5.95 Å². The van der Waals surface area contributed by atoms with Crippen LogP contribution >= 0.6 is 11.5 Å². The summed E-state index contributed by atoms with van der Waals surface area (Å²) >= 11 is 1.50. The van der Waals surface area contributed by atoms with E-state index in [9.17, 15) is 0 Å². The molecule has 0 radical (unpaired) electrons. The van der Waals surface area contributed by atoms with Crippen LogP contribution < -0.4 is 5.73 Å². The Kier molecular flexibility index (Phi) is 1.59. The van der Waals surface area contributed by atoms with Crippen molar-refractivity contribution in [2.24, 2.45) is 11.8 Å². The summed E-state index contributed by atoms with van der Waals surface area (Å²) in [6, 6.07) is 0.